The summed E-state index contributed by atoms with van der Waals surface area (Å²) in [6.07, 6.45) is 0.485. The Morgan fingerprint density at radius 3 is 2.71 bits per heavy atom. The van der Waals surface area contributed by atoms with Gasteiger partial charge in [-0.1, -0.05) is 11.6 Å². The lowest BCUT2D eigenvalue weighted by Crippen LogP contribution is -2.65. The largest absolute Gasteiger partial charge is 0.481 e. The third-order valence-corrected chi connectivity index (χ3v) is 5.21. The van der Waals surface area contributed by atoms with Gasteiger partial charge < -0.3 is 19.8 Å². The zero-order valence-corrected chi connectivity index (χ0v) is 13.9. The highest BCUT2D eigenvalue weighted by Gasteiger charge is 2.55. The highest BCUT2D eigenvalue weighted by Crippen LogP contribution is 2.50. The van der Waals surface area contributed by atoms with Crippen molar-refractivity contribution >= 4 is 23.5 Å². The molecule has 1 aromatic carbocycles. The summed E-state index contributed by atoms with van der Waals surface area (Å²) >= 11 is 6.05. The van der Waals surface area contributed by atoms with Crippen molar-refractivity contribution in [1.29, 1.82) is 0 Å². The lowest BCUT2D eigenvalue weighted by Gasteiger charge is -2.51. The summed E-state index contributed by atoms with van der Waals surface area (Å²) in [5.41, 5.74) is 5.83. The molecule has 0 aliphatic carbocycles. The van der Waals surface area contributed by atoms with E-state index in [4.69, 9.17) is 22.1 Å². The van der Waals surface area contributed by atoms with Crippen molar-refractivity contribution in [2.75, 3.05) is 20.1 Å². The van der Waals surface area contributed by atoms with E-state index in [1.54, 1.807) is 18.2 Å². The zero-order valence-electron chi connectivity index (χ0n) is 13.1. The van der Waals surface area contributed by atoms with Crippen molar-refractivity contribution in [1.82, 2.24) is 4.90 Å². The van der Waals surface area contributed by atoms with Crippen LogP contribution in [-0.4, -0.2) is 52.9 Å². The fourth-order valence-electron chi connectivity index (χ4n) is 3.80. The zero-order chi connectivity index (χ0) is 17.6. The van der Waals surface area contributed by atoms with Gasteiger partial charge in [0.1, 0.15) is 5.75 Å². The minimum Gasteiger partial charge on any atom is -0.481 e. The first kappa shape index (κ1) is 17.0. The van der Waals surface area contributed by atoms with Gasteiger partial charge in [-0.2, -0.15) is 0 Å². The summed E-state index contributed by atoms with van der Waals surface area (Å²) in [6.45, 7) is 1.14. The van der Waals surface area contributed by atoms with Gasteiger partial charge in [0.2, 0.25) is 0 Å². The molecule has 0 spiro atoms. The van der Waals surface area contributed by atoms with Crippen molar-refractivity contribution < 1.29 is 24.5 Å². The molecule has 0 aromatic heterocycles. The summed E-state index contributed by atoms with van der Waals surface area (Å²) in [6, 6.07) is 4.82. The molecule has 0 bridgehead atoms. The molecule has 0 amide bonds. The van der Waals surface area contributed by atoms with Crippen LogP contribution in [0.5, 0.6) is 5.75 Å². The molecular formula is C16H19ClN2O5. The highest BCUT2D eigenvalue weighted by atomic mass is 35.5. The standard InChI is InChI=1S/C16H19ClN2O5/c1-19-5-4-16(18)10(7-19)12(13(14(20)21)15(22)23)9-6-8(17)2-3-11(9)24-16/h2-3,6,10,12-13H,4-5,7,18H2,1H3,(H,20,21)(H,22,23). The quantitative estimate of drug-likeness (QED) is 0.699. The fourth-order valence-corrected chi connectivity index (χ4v) is 3.98. The Labute approximate surface area is 143 Å². The molecule has 2 heterocycles. The Hall–Kier alpha value is -1.83. The monoisotopic (exact) mass is 354 g/mol. The number of piperidine rings is 1. The molecule has 2 aliphatic heterocycles. The van der Waals surface area contributed by atoms with E-state index >= 15 is 0 Å². The van der Waals surface area contributed by atoms with Gasteiger partial charge in [-0.15, -0.1) is 0 Å². The highest BCUT2D eigenvalue weighted by molar-refractivity contribution is 6.30. The van der Waals surface area contributed by atoms with Crippen LogP contribution in [-0.2, 0) is 9.59 Å². The SMILES string of the molecule is CN1CCC2(N)Oc3ccc(Cl)cc3C(C(C(=O)O)C(=O)O)C2C1. The first-order chi connectivity index (χ1) is 11.2. The van der Waals surface area contributed by atoms with Crippen LogP contribution in [0.25, 0.3) is 0 Å². The maximum atomic E-state index is 11.7. The number of benzene rings is 1. The maximum Gasteiger partial charge on any atom is 0.318 e. The van der Waals surface area contributed by atoms with Crippen LogP contribution < -0.4 is 10.5 Å². The number of rotatable bonds is 3. The van der Waals surface area contributed by atoms with Crippen LogP contribution in [0, 0.1) is 11.8 Å². The van der Waals surface area contributed by atoms with E-state index in [0.29, 0.717) is 35.8 Å². The predicted molar refractivity (Wildman–Crippen MR) is 86.1 cm³/mol. The predicted octanol–water partition coefficient (Wildman–Crippen LogP) is 1.21. The Morgan fingerprint density at radius 1 is 1.42 bits per heavy atom. The molecule has 3 unspecified atom stereocenters. The molecule has 4 N–H and O–H groups in total. The average Bonchev–Trinajstić information content (AvgIpc) is 2.48. The molecule has 1 aromatic rings. The first-order valence-electron chi connectivity index (χ1n) is 7.64. The number of carboxylic acid groups (broad SMARTS) is 2. The topological polar surface area (TPSA) is 113 Å². The number of halogens is 1. The molecule has 8 heteroatoms. The Morgan fingerprint density at radius 2 is 2.08 bits per heavy atom. The van der Waals surface area contributed by atoms with Crippen LogP contribution in [0.15, 0.2) is 18.2 Å². The van der Waals surface area contributed by atoms with Gasteiger partial charge in [-0.25, -0.2) is 0 Å². The van der Waals surface area contributed by atoms with Crippen molar-refractivity contribution in [3.8, 4) is 5.75 Å². The molecule has 7 nitrogen and oxygen atoms in total. The number of carbonyl (C=O) groups is 2. The summed E-state index contributed by atoms with van der Waals surface area (Å²) in [7, 11) is 1.89. The van der Waals surface area contributed by atoms with Crippen molar-refractivity contribution in [3.05, 3.63) is 28.8 Å². The lowest BCUT2D eigenvalue weighted by atomic mass is 9.68. The van der Waals surface area contributed by atoms with Gasteiger partial charge in [0.15, 0.2) is 11.6 Å². The number of hydrogen-bond acceptors (Lipinski definition) is 5. The minimum atomic E-state index is -1.62. The summed E-state index contributed by atoms with van der Waals surface area (Å²) in [5, 5.41) is 19.4. The molecule has 2 aliphatic rings. The molecule has 1 fully saturated rings. The lowest BCUT2D eigenvalue weighted by molar-refractivity contribution is -0.160. The van der Waals surface area contributed by atoms with E-state index in [2.05, 4.69) is 0 Å². The van der Waals surface area contributed by atoms with E-state index < -0.39 is 35.4 Å². The Bertz CT molecular complexity index is 683. The normalized spacial score (nSPS) is 29.5. The van der Waals surface area contributed by atoms with E-state index in [-0.39, 0.29) is 0 Å². The molecular weight excluding hydrogens is 336 g/mol. The van der Waals surface area contributed by atoms with Gasteiger partial charge in [0.25, 0.3) is 0 Å². The second-order valence-corrected chi connectivity index (χ2v) is 6.97. The van der Waals surface area contributed by atoms with Gasteiger partial charge >= 0.3 is 11.9 Å². The molecule has 130 valence electrons. The number of carboxylic acids is 2. The second-order valence-electron chi connectivity index (χ2n) is 6.54. The molecule has 3 atom stereocenters. The van der Waals surface area contributed by atoms with E-state index in [0.717, 1.165) is 0 Å². The van der Waals surface area contributed by atoms with Crippen molar-refractivity contribution in [2.24, 2.45) is 17.6 Å². The molecule has 1 saturated heterocycles. The Balaban J connectivity index is 2.18. The van der Waals surface area contributed by atoms with Gasteiger partial charge in [0, 0.05) is 41.9 Å². The molecule has 0 radical (unpaired) electrons. The number of nitrogens with zero attached hydrogens (tertiary/aromatic N) is 1. The van der Waals surface area contributed by atoms with Crippen LogP contribution in [0.3, 0.4) is 0 Å². The number of ether oxygens (including phenoxy) is 1. The maximum absolute atomic E-state index is 11.7. The molecule has 24 heavy (non-hydrogen) atoms. The fraction of sp³-hybridized carbons (Fsp3) is 0.500. The third kappa shape index (κ3) is 2.72. The number of likely N-dealkylation sites (tertiary alicyclic amines) is 1. The summed E-state index contributed by atoms with van der Waals surface area (Å²) in [5.74, 6) is -5.30. The van der Waals surface area contributed by atoms with Crippen LogP contribution >= 0.6 is 11.6 Å². The van der Waals surface area contributed by atoms with Crippen LogP contribution in [0.2, 0.25) is 5.02 Å². The van der Waals surface area contributed by atoms with Crippen molar-refractivity contribution in [2.45, 2.75) is 18.1 Å². The van der Waals surface area contributed by atoms with Crippen molar-refractivity contribution in [3.63, 3.8) is 0 Å². The van der Waals surface area contributed by atoms with Crippen LogP contribution in [0.4, 0.5) is 0 Å². The number of fused-ring (bicyclic) bond motifs is 2. The van der Waals surface area contributed by atoms with E-state index in [1.165, 1.54) is 0 Å². The first-order valence-corrected chi connectivity index (χ1v) is 8.02. The van der Waals surface area contributed by atoms with Gasteiger partial charge in [-0.3, -0.25) is 15.3 Å². The molecule has 3 rings (SSSR count). The second kappa shape index (κ2) is 5.91. The minimum absolute atomic E-state index is 0.394. The van der Waals surface area contributed by atoms with E-state index in [9.17, 15) is 19.8 Å². The number of hydrogen-bond donors (Lipinski definition) is 3. The van der Waals surface area contributed by atoms with Gasteiger partial charge in [0.05, 0.1) is 0 Å². The van der Waals surface area contributed by atoms with E-state index in [1.807, 2.05) is 11.9 Å². The Kier molecular flexibility index (Phi) is 4.19. The molecule has 0 saturated carbocycles. The summed E-state index contributed by atoms with van der Waals surface area (Å²) in [4.78, 5) is 25.4. The number of nitrogens with two attached hydrogens (primary N) is 1. The van der Waals surface area contributed by atoms with Crippen LogP contribution in [0.1, 0.15) is 17.9 Å². The van der Waals surface area contributed by atoms with Gasteiger partial charge in [-0.05, 0) is 25.2 Å². The summed E-state index contributed by atoms with van der Waals surface area (Å²) < 4.78 is 5.97. The number of aliphatic carboxylic acids is 2. The average molecular weight is 355 g/mol. The third-order valence-electron chi connectivity index (χ3n) is 4.98. The smallest absolute Gasteiger partial charge is 0.318 e.